The molecular weight excluding hydrogens is 161 g/mol. The number of rotatable bonds is 3. The highest BCUT2D eigenvalue weighted by atomic mass is 19.4. The molecule has 0 radical (unpaired) electrons. The zero-order valence-electron chi connectivity index (χ0n) is 5.56. The van der Waals surface area contributed by atoms with Crippen LogP contribution in [0.15, 0.2) is 12.7 Å². The van der Waals surface area contributed by atoms with Gasteiger partial charge in [-0.2, -0.15) is 13.2 Å². The second kappa shape index (κ2) is 3.41. The second-order valence-corrected chi connectivity index (χ2v) is 2.00. The van der Waals surface area contributed by atoms with Crippen molar-refractivity contribution in [2.45, 2.75) is 12.6 Å². The molecule has 2 nitrogen and oxygen atoms in total. The Bertz CT molecular complexity index is 162. The maximum absolute atomic E-state index is 11.5. The minimum absolute atomic E-state index is 0.774. The summed E-state index contributed by atoms with van der Waals surface area (Å²) in [6, 6.07) is 0. The van der Waals surface area contributed by atoms with Crippen molar-refractivity contribution in [1.82, 2.24) is 0 Å². The molecule has 0 saturated carbocycles. The lowest BCUT2D eigenvalue weighted by Crippen LogP contribution is -2.20. The van der Waals surface area contributed by atoms with Crippen molar-refractivity contribution >= 4 is 5.97 Å². The molecule has 0 heterocycles. The highest BCUT2D eigenvalue weighted by molar-refractivity contribution is 5.71. The summed E-state index contributed by atoms with van der Waals surface area (Å²) in [4.78, 5) is 10.0. The Morgan fingerprint density at radius 3 is 2.18 bits per heavy atom. The van der Waals surface area contributed by atoms with Crippen LogP contribution in [0.3, 0.4) is 0 Å². The summed E-state index contributed by atoms with van der Waals surface area (Å²) in [5.41, 5.74) is 0. The van der Waals surface area contributed by atoms with E-state index in [1.54, 1.807) is 0 Å². The van der Waals surface area contributed by atoms with Crippen molar-refractivity contribution in [2.75, 3.05) is 0 Å². The largest absolute Gasteiger partial charge is 0.481 e. The van der Waals surface area contributed by atoms with E-state index in [0.29, 0.717) is 0 Å². The summed E-state index contributed by atoms with van der Waals surface area (Å²) < 4.78 is 34.6. The predicted molar refractivity (Wildman–Crippen MR) is 32.0 cm³/mol. The lowest BCUT2D eigenvalue weighted by Gasteiger charge is -2.09. The third kappa shape index (κ3) is 4.41. The highest BCUT2D eigenvalue weighted by Gasteiger charge is 2.33. The molecule has 0 rings (SSSR count). The Hall–Kier alpha value is -1.00. The zero-order chi connectivity index (χ0) is 9.07. The lowest BCUT2D eigenvalue weighted by atomic mass is 10.1. The van der Waals surface area contributed by atoms with E-state index in [1.165, 1.54) is 0 Å². The first kappa shape index (κ1) is 10.0. The average Bonchev–Trinajstić information content (AvgIpc) is 1.80. The Labute approximate surface area is 61.3 Å². The third-order valence-electron chi connectivity index (χ3n) is 1.05. The topological polar surface area (TPSA) is 37.3 Å². The van der Waals surface area contributed by atoms with Crippen LogP contribution in [-0.4, -0.2) is 17.3 Å². The van der Waals surface area contributed by atoms with Crippen LogP contribution in [0.4, 0.5) is 13.2 Å². The molecule has 0 saturated heterocycles. The van der Waals surface area contributed by atoms with E-state index in [0.717, 1.165) is 6.08 Å². The zero-order valence-corrected chi connectivity index (χ0v) is 5.56. The first-order chi connectivity index (χ1) is 4.87. The van der Waals surface area contributed by atoms with Crippen LogP contribution < -0.4 is 0 Å². The molecule has 64 valence electrons. The monoisotopic (exact) mass is 168 g/mol. The van der Waals surface area contributed by atoms with E-state index >= 15 is 0 Å². The number of aliphatic carboxylic acids is 1. The molecule has 0 amide bonds. The maximum Gasteiger partial charge on any atom is 0.390 e. The van der Waals surface area contributed by atoms with Gasteiger partial charge in [-0.05, 0) is 0 Å². The van der Waals surface area contributed by atoms with Crippen molar-refractivity contribution in [2.24, 2.45) is 5.92 Å². The Morgan fingerprint density at radius 1 is 1.64 bits per heavy atom. The van der Waals surface area contributed by atoms with Gasteiger partial charge in [0.05, 0.1) is 12.3 Å². The molecule has 0 aromatic heterocycles. The standard InChI is InChI=1S/C6H7F3O2/c1-2-4(5(10)11)3-6(7,8)9/h2,4H,1,3H2,(H,10,11). The van der Waals surface area contributed by atoms with Gasteiger partial charge in [-0.1, -0.05) is 6.08 Å². The Morgan fingerprint density at radius 2 is 2.09 bits per heavy atom. The van der Waals surface area contributed by atoms with Gasteiger partial charge in [-0.15, -0.1) is 6.58 Å². The molecule has 1 N–H and O–H groups in total. The van der Waals surface area contributed by atoms with Gasteiger partial charge in [-0.25, -0.2) is 0 Å². The van der Waals surface area contributed by atoms with Crippen molar-refractivity contribution in [3.63, 3.8) is 0 Å². The molecular formula is C6H7F3O2. The van der Waals surface area contributed by atoms with Gasteiger partial charge in [0.25, 0.3) is 0 Å². The SMILES string of the molecule is C=CC(CC(F)(F)F)C(=O)O. The first-order valence-electron chi connectivity index (χ1n) is 2.79. The van der Waals surface area contributed by atoms with Gasteiger partial charge < -0.3 is 5.11 Å². The lowest BCUT2D eigenvalue weighted by molar-refractivity contribution is -0.159. The number of hydrogen-bond donors (Lipinski definition) is 1. The van der Waals surface area contributed by atoms with Gasteiger partial charge in [0, 0.05) is 0 Å². The molecule has 0 aliphatic carbocycles. The van der Waals surface area contributed by atoms with Crippen molar-refractivity contribution in [1.29, 1.82) is 0 Å². The number of carbonyl (C=O) groups is 1. The number of hydrogen-bond acceptors (Lipinski definition) is 1. The van der Waals surface area contributed by atoms with Gasteiger partial charge in [-0.3, -0.25) is 4.79 Å². The molecule has 0 aliphatic heterocycles. The van der Waals surface area contributed by atoms with Crippen LogP contribution in [0.5, 0.6) is 0 Å². The normalized spacial score (nSPS) is 14.1. The van der Waals surface area contributed by atoms with Crippen LogP contribution in [0.25, 0.3) is 0 Å². The fourth-order valence-corrected chi connectivity index (χ4v) is 0.521. The minimum atomic E-state index is -4.45. The van der Waals surface area contributed by atoms with Gasteiger partial charge in [0.15, 0.2) is 0 Å². The van der Waals surface area contributed by atoms with E-state index < -0.39 is 24.5 Å². The van der Waals surface area contributed by atoms with Crippen LogP contribution in [0.2, 0.25) is 0 Å². The molecule has 0 spiro atoms. The van der Waals surface area contributed by atoms with Crippen molar-refractivity contribution in [3.8, 4) is 0 Å². The third-order valence-corrected chi connectivity index (χ3v) is 1.05. The molecule has 0 aliphatic rings. The molecule has 0 aromatic carbocycles. The van der Waals surface area contributed by atoms with Gasteiger partial charge >= 0.3 is 12.1 Å². The number of halogens is 3. The van der Waals surface area contributed by atoms with Crippen LogP contribution in [0, 0.1) is 5.92 Å². The molecule has 5 heteroatoms. The van der Waals surface area contributed by atoms with E-state index in [1.807, 2.05) is 0 Å². The molecule has 1 atom stereocenters. The van der Waals surface area contributed by atoms with Gasteiger partial charge in [0.1, 0.15) is 0 Å². The molecule has 0 aromatic rings. The molecule has 0 bridgehead atoms. The number of alkyl halides is 3. The van der Waals surface area contributed by atoms with E-state index in [2.05, 4.69) is 6.58 Å². The maximum atomic E-state index is 11.5. The van der Waals surface area contributed by atoms with Gasteiger partial charge in [0.2, 0.25) is 0 Å². The number of carboxylic acid groups (broad SMARTS) is 1. The van der Waals surface area contributed by atoms with E-state index in [4.69, 9.17) is 5.11 Å². The van der Waals surface area contributed by atoms with Crippen LogP contribution in [0.1, 0.15) is 6.42 Å². The average molecular weight is 168 g/mol. The fraction of sp³-hybridized carbons (Fsp3) is 0.500. The predicted octanol–water partition coefficient (Wildman–Crippen LogP) is 1.83. The summed E-state index contributed by atoms with van der Waals surface area (Å²) in [6.45, 7) is 2.99. The summed E-state index contributed by atoms with van der Waals surface area (Å²) in [6.07, 6.45) is -5.03. The summed E-state index contributed by atoms with van der Waals surface area (Å²) in [5.74, 6) is -3.03. The van der Waals surface area contributed by atoms with Crippen molar-refractivity contribution < 1.29 is 23.1 Å². The first-order valence-corrected chi connectivity index (χ1v) is 2.79. The highest BCUT2D eigenvalue weighted by Crippen LogP contribution is 2.25. The van der Waals surface area contributed by atoms with E-state index in [9.17, 15) is 18.0 Å². The second-order valence-electron chi connectivity index (χ2n) is 2.00. The quantitative estimate of drug-likeness (QED) is 0.652. The summed E-state index contributed by atoms with van der Waals surface area (Å²) in [7, 11) is 0. The summed E-state index contributed by atoms with van der Waals surface area (Å²) >= 11 is 0. The Kier molecular flexibility index (Phi) is 3.10. The summed E-state index contributed by atoms with van der Waals surface area (Å²) in [5, 5.41) is 8.17. The smallest absolute Gasteiger partial charge is 0.390 e. The minimum Gasteiger partial charge on any atom is -0.481 e. The number of carboxylic acids is 1. The van der Waals surface area contributed by atoms with Crippen LogP contribution >= 0.6 is 0 Å². The van der Waals surface area contributed by atoms with E-state index in [-0.39, 0.29) is 0 Å². The molecule has 11 heavy (non-hydrogen) atoms. The fourth-order valence-electron chi connectivity index (χ4n) is 0.521. The van der Waals surface area contributed by atoms with Crippen molar-refractivity contribution in [3.05, 3.63) is 12.7 Å². The molecule has 0 fully saturated rings. The van der Waals surface area contributed by atoms with Crippen LogP contribution in [-0.2, 0) is 4.79 Å². The molecule has 1 unspecified atom stereocenters. The Balaban J connectivity index is 4.10.